The van der Waals surface area contributed by atoms with E-state index in [4.69, 9.17) is 4.52 Å². The van der Waals surface area contributed by atoms with E-state index in [0.29, 0.717) is 30.6 Å². The van der Waals surface area contributed by atoms with E-state index < -0.39 is 13.9 Å². The van der Waals surface area contributed by atoms with Gasteiger partial charge < -0.3 is 18.9 Å². The van der Waals surface area contributed by atoms with Gasteiger partial charge in [-0.15, -0.1) is 0 Å². The molecule has 5 nitrogen and oxygen atoms in total. The second-order valence-corrected chi connectivity index (χ2v) is 10.2. The number of hydrogen-bond donors (Lipinski definition) is 0. The second kappa shape index (κ2) is 5.76. The SMILES string of the molecule is C[C@]12CC[C@@H]3[C@H](CCC4=CC(=O)CC[C@@]43C)[C@@H]1CC[C@@H]2OP(=O)([O-])[O-]. The van der Waals surface area contributed by atoms with Crippen molar-refractivity contribution in [3.05, 3.63) is 11.6 Å². The van der Waals surface area contributed by atoms with Gasteiger partial charge in [-0.05, 0) is 79.6 Å². The van der Waals surface area contributed by atoms with Crippen LogP contribution in [0.4, 0.5) is 0 Å². The van der Waals surface area contributed by atoms with Gasteiger partial charge in [0.25, 0.3) is 0 Å². The lowest BCUT2D eigenvalue weighted by atomic mass is 9.47. The molecule has 4 aliphatic carbocycles. The number of carbonyl (C=O) groups is 1. The van der Waals surface area contributed by atoms with E-state index in [0.717, 1.165) is 38.5 Å². The Morgan fingerprint density at radius 3 is 2.56 bits per heavy atom. The highest BCUT2D eigenvalue weighted by atomic mass is 31.2. The van der Waals surface area contributed by atoms with Crippen molar-refractivity contribution in [1.82, 2.24) is 0 Å². The van der Waals surface area contributed by atoms with Crippen LogP contribution in [0.2, 0.25) is 0 Å². The number of allylic oxidation sites excluding steroid dienone is 1. The van der Waals surface area contributed by atoms with Gasteiger partial charge in [0.2, 0.25) is 0 Å². The molecule has 4 aliphatic rings. The number of phosphoric ester groups is 1. The number of carbonyl (C=O) groups excluding carboxylic acids is 1. The Hall–Kier alpha value is -0.480. The quantitative estimate of drug-likeness (QED) is 0.701. The molecule has 0 aromatic heterocycles. The number of fused-ring (bicyclic) bond motifs is 5. The lowest BCUT2D eigenvalue weighted by Gasteiger charge is -2.58. The number of hydrogen-bond acceptors (Lipinski definition) is 5. The zero-order valence-electron chi connectivity index (χ0n) is 15.0. The van der Waals surface area contributed by atoms with Crippen molar-refractivity contribution in [3.63, 3.8) is 0 Å². The van der Waals surface area contributed by atoms with Gasteiger partial charge in [0.15, 0.2) is 5.78 Å². The third-order valence-corrected chi connectivity index (χ3v) is 8.64. The molecule has 3 fully saturated rings. The Labute approximate surface area is 149 Å². The molecule has 0 amide bonds. The molecule has 0 aromatic carbocycles. The summed E-state index contributed by atoms with van der Waals surface area (Å²) in [6, 6.07) is 0. The van der Waals surface area contributed by atoms with Crippen molar-refractivity contribution < 1.29 is 23.7 Å². The first-order chi connectivity index (χ1) is 11.6. The largest absolute Gasteiger partial charge is 0.790 e. The summed E-state index contributed by atoms with van der Waals surface area (Å²) in [5, 5.41) is 0. The minimum absolute atomic E-state index is 0.115. The fourth-order valence-electron chi connectivity index (χ4n) is 6.84. The topological polar surface area (TPSA) is 89.5 Å². The molecular weight excluding hydrogens is 339 g/mol. The lowest BCUT2D eigenvalue weighted by Crippen LogP contribution is -2.51. The van der Waals surface area contributed by atoms with Crippen LogP contribution in [-0.4, -0.2) is 11.9 Å². The summed E-state index contributed by atoms with van der Waals surface area (Å²) < 4.78 is 16.2. The lowest BCUT2D eigenvalue weighted by molar-refractivity contribution is -0.347. The molecule has 0 bridgehead atoms. The van der Waals surface area contributed by atoms with Crippen molar-refractivity contribution in [2.75, 3.05) is 0 Å². The van der Waals surface area contributed by atoms with Gasteiger partial charge in [-0.25, -0.2) is 0 Å². The van der Waals surface area contributed by atoms with Gasteiger partial charge >= 0.3 is 0 Å². The molecule has 25 heavy (non-hydrogen) atoms. The Morgan fingerprint density at radius 2 is 1.84 bits per heavy atom. The predicted octanol–water partition coefficient (Wildman–Crippen LogP) is 2.73. The predicted molar refractivity (Wildman–Crippen MR) is 89.2 cm³/mol. The van der Waals surface area contributed by atoms with E-state index >= 15 is 0 Å². The maximum atomic E-state index is 11.9. The van der Waals surface area contributed by atoms with Crippen molar-refractivity contribution in [2.24, 2.45) is 28.6 Å². The first-order valence-electron chi connectivity index (χ1n) is 9.58. The zero-order chi connectivity index (χ0) is 18.0. The normalized spacial score (nSPS) is 46.9. The van der Waals surface area contributed by atoms with Gasteiger partial charge in [0.05, 0.1) is 13.9 Å². The molecule has 4 rings (SSSR count). The van der Waals surface area contributed by atoms with Crippen molar-refractivity contribution in [2.45, 2.75) is 71.3 Å². The summed E-state index contributed by atoms with van der Waals surface area (Å²) in [5.74, 6) is 1.78. The summed E-state index contributed by atoms with van der Waals surface area (Å²) in [5.41, 5.74) is 1.24. The van der Waals surface area contributed by atoms with E-state index in [1.807, 2.05) is 6.08 Å². The van der Waals surface area contributed by atoms with Gasteiger partial charge in [0.1, 0.15) is 0 Å². The highest BCUT2D eigenvalue weighted by Gasteiger charge is 2.59. The van der Waals surface area contributed by atoms with Gasteiger partial charge in [0, 0.05) is 6.42 Å². The number of phosphoric acid groups is 1. The summed E-state index contributed by atoms with van der Waals surface area (Å²) >= 11 is 0. The van der Waals surface area contributed by atoms with Gasteiger partial charge in [-0.1, -0.05) is 19.4 Å². The zero-order valence-corrected chi connectivity index (χ0v) is 15.9. The number of rotatable bonds is 2. The summed E-state index contributed by atoms with van der Waals surface area (Å²) in [6.07, 6.45) is 8.61. The molecule has 0 aromatic rings. The summed E-state index contributed by atoms with van der Waals surface area (Å²) in [6.45, 7) is 4.45. The maximum Gasteiger partial charge on any atom is 0.155 e. The summed E-state index contributed by atoms with van der Waals surface area (Å²) in [7, 11) is -4.95. The monoisotopic (exact) mass is 366 g/mol. The van der Waals surface area contributed by atoms with Gasteiger partial charge in [-0.2, -0.15) is 0 Å². The Kier molecular flexibility index (Phi) is 4.12. The van der Waals surface area contributed by atoms with Crippen LogP contribution < -0.4 is 9.79 Å². The van der Waals surface area contributed by atoms with Crippen LogP contribution in [-0.2, 0) is 13.9 Å². The molecular formula is C19H27O5P-2. The third-order valence-electron chi connectivity index (χ3n) is 8.13. The van der Waals surface area contributed by atoms with Crippen LogP contribution >= 0.6 is 7.82 Å². The average Bonchev–Trinajstić information content (AvgIpc) is 2.83. The van der Waals surface area contributed by atoms with Crippen LogP contribution in [0.15, 0.2) is 11.6 Å². The van der Waals surface area contributed by atoms with E-state index in [9.17, 15) is 19.1 Å². The second-order valence-electron chi connectivity index (χ2n) is 9.13. The van der Waals surface area contributed by atoms with Crippen molar-refractivity contribution >= 4 is 13.6 Å². The van der Waals surface area contributed by atoms with Gasteiger partial charge in [-0.3, -0.25) is 4.79 Å². The fourth-order valence-corrected chi connectivity index (χ4v) is 7.50. The Morgan fingerprint density at radius 1 is 1.08 bits per heavy atom. The van der Waals surface area contributed by atoms with Crippen LogP contribution in [0.5, 0.6) is 0 Å². The molecule has 0 heterocycles. The minimum Gasteiger partial charge on any atom is -0.790 e. The Balaban J connectivity index is 1.61. The molecule has 6 atom stereocenters. The first-order valence-corrected chi connectivity index (χ1v) is 11.0. The van der Waals surface area contributed by atoms with Crippen LogP contribution in [0, 0.1) is 28.6 Å². The highest BCUT2D eigenvalue weighted by Crippen LogP contribution is 2.66. The standard InChI is InChI=1S/C19H29O5P/c1-18-9-7-13(20)11-12(18)3-4-14-15-5-6-17(24-25(21,22)23)19(15,2)10-8-16(14)18/h11,14-17H,3-10H2,1-2H3,(H2,21,22,23)/p-2/t14-,15+,16-,17+,18+,19+/m1/s1. The molecule has 0 saturated heterocycles. The van der Waals surface area contributed by atoms with Crippen LogP contribution in [0.25, 0.3) is 0 Å². The molecule has 140 valence electrons. The molecule has 3 saturated carbocycles. The summed E-state index contributed by atoms with van der Waals surface area (Å²) in [4.78, 5) is 34.2. The number of ketones is 1. The van der Waals surface area contributed by atoms with E-state index in [1.54, 1.807) is 0 Å². The maximum absolute atomic E-state index is 11.9. The van der Waals surface area contributed by atoms with Crippen LogP contribution in [0.1, 0.15) is 65.2 Å². The third kappa shape index (κ3) is 2.79. The van der Waals surface area contributed by atoms with E-state index in [1.165, 1.54) is 5.57 Å². The Bertz CT molecular complexity index is 667. The molecule has 0 unspecified atom stereocenters. The average molecular weight is 366 g/mol. The smallest absolute Gasteiger partial charge is 0.155 e. The van der Waals surface area contributed by atoms with E-state index in [2.05, 4.69) is 13.8 Å². The molecule has 6 heteroatoms. The minimum atomic E-state index is -4.95. The van der Waals surface area contributed by atoms with Crippen molar-refractivity contribution in [1.29, 1.82) is 0 Å². The van der Waals surface area contributed by atoms with E-state index in [-0.39, 0.29) is 16.6 Å². The molecule has 0 radical (unpaired) electrons. The molecule has 0 aliphatic heterocycles. The highest BCUT2D eigenvalue weighted by molar-refractivity contribution is 7.43. The fraction of sp³-hybridized carbons (Fsp3) is 0.842. The van der Waals surface area contributed by atoms with Crippen molar-refractivity contribution in [3.8, 4) is 0 Å². The van der Waals surface area contributed by atoms with Crippen LogP contribution in [0.3, 0.4) is 0 Å². The molecule has 0 N–H and O–H groups in total. The first kappa shape index (κ1) is 17.9. The molecule has 0 spiro atoms.